The van der Waals surface area contributed by atoms with E-state index in [1.54, 1.807) is 42.5 Å². The zero-order chi connectivity index (χ0) is 29.1. The lowest BCUT2D eigenvalue weighted by atomic mass is 10.0. The number of aromatic nitrogens is 5. The maximum absolute atomic E-state index is 12.7. The first-order chi connectivity index (χ1) is 19.2. The normalized spacial score (nSPS) is 11.1. The van der Waals surface area contributed by atoms with Gasteiger partial charge in [0.1, 0.15) is 30.0 Å². The zero-order valence-corrected chi connectivity index (χ0v) is 21.9. The van der Waals surface area contributed by atoms with Crippen molar-refractivity contribution in [2.45, 2.75) is 19.9 Å². The fourth-order valence-corrected chi connectivity index (χ4v) is 3.49. The van der Waals surface area contributed by atoms with E-state index in [-0.39, 0.29) is 25.0 Å². The van der Waals surface area contributed by atoms with Crippen LogP contribution in [-0.4, -0.2) is 66.6 Å². The highest BCUT2D eigenvalue weighted by Crippen LogP contribution is 2.31. The minimum atomic E-state index is -0.833. The van der Waals surface area contributed by atoms with Gasteiger partial charge in [-0.15, -0.1) is 9.78 Å². The minimum absolute atomic E-state index is 0.0425. The van der Waals surface area contributed by atoms with E-state index in [2.05, 4.69) is 25.4 Å². The van der Waals surface area contributed by atoms with Crippen LogP contribution in [0, 0.1) is 5.41 Å². The number of benzene rings is 2. The third-order valence-electron chi connectivity index (χ3n) is 5.06. The van der Waals surface area contributed by atoms with Crippen molar-refractivity contribution in [3.63, 3.8) is 0 Å². The molecule has 0 aliphatic rings. The Balaban J connectivity index is 0.00000103. The van der Waals surface area contributed by atoms with Crippen LogP contribution in [0.3, 0.4) is 0 Å². The highest BCUT2D eigenvalue weighted by atomic mass is 16.5. The molecule has 0 radical (unpaired) electrons. The number of aliphatic carboxylic acids is 1. The van der Waals surface area contributed by atoms with Crippen LogP contribution >= 0.6 is 0 Å². The van der Waals surface area contributed by atoms with Crippen molar-refractivity contribution in [2.24, 2.45) is 5.73 Å². The number of nitrogens with one attached hydrogen (secondary N) is 3. The first kappa shape index (κ1) is 29.3. The summed E-state index contributed by atoms with van der Waals surface area (Å²) in [6.45, 7) is 3.35. The number of aliphatic hydroxyl groups excluding tert-OH is 1. The molecule has 0 fully saturated rings. The first-order valence-corrected chi connectivity index (χ1v) is 12.1. The summed E-state index contributed by atoms with van der Waals surface area (Å²) in [5.74, 6) is 0.584. The van der Waals surface area contributed by atoms with E-state index in [1.807, 2.05) is 13.0 Å². The van der Waals surface area contributed by atoms with Gasteiger partial charge in [0.25, 0.3) is 11.9 Å². The van der Waals surface area contributed by atoms with Crippen LogP contribution in [0.15, 0.2) is 65.7 Å². The van der Waals surface area contributed by atoms with E-state index in [9.17, 15) is 9.90 Å². The number of hydrogen-bond acceptors (Lipinski definition) is 10. The fourth-order valence-electron chi connectivity index (χ4n) is 3.49. The summed E-state index contributed by atoms with van der Waals surface area (Å²) in [6.07, 6.45) is 3.04. The number of nitrogens with two attached hydrogens (primary N) is 1. The Morgan fingerprint density at radius 2 is 1.77 bits per heavy atom. The number of rotatable bonds is 11. The maximum atomic E-state index is 12.7. The van der Waals surface area contributed by atoms with Crippen molar-refractivity contribution < 1.29 is 24.5 Å². The summed E-state index contributed by atoms with van der Waals surface area (Å²) in [4.78, 5) is 32.7. The molecular weight excluding hydrogens is 520 g/mol. The molecule has 0 bridgehead atoms. The molecule has 0 unspecified atom stereocenters. The number of ether oxygens (including phenoxy) is 2. The van der Waals surface area contributed by atoms with Crippen LogP contribution in [0.5, 0.6) is 11.5 Å². The predicted octanol–water partition coefficient (Wildman–Crippen LogP) is 1.70. The molecule has 0 spiro atoms. The van der Waals surface area contributed by atoms with Crippen LogP contribution < -0.4 is 26.2 Å². The van der Waals surface area contributed by atoms with Gasteiger partial charge in [-0.2, -0.15) is 0 Å². The lowest BCUT2D eigenvalue weighted by Gasteiger charge is -2.20. The van der Waals surface area contributed by atoms with Crippen molar-refractivity contribution in [3.8, 4) is 17.4 Å². The summed E-state index contributed by atoms with van der Waals surface area (Å²) < 4.78 is 12.4. The third kappa shape index (κ3) is 8.13. The number of aliphatic hydroxyl groups is 1. The Bertz CT molecular complexity index is 1470. The van der Waals surface area contributed by atoms with Gasteiger partial charge >= 0.3 is 5.69 Å². The SMILES string of the molecule is CC(=O)O.CCOc1cc(OCCO)cc([C@H](Nc2ccc(C(=N)N)cc2)c2nn(-c3ncccn3)c(=O)[nH]2)c1. The number of nitrogens with zero attached hydrogens (tertiary/aromatic N) is 4. The summed E-state index contributed by atoms with van der Waals surface area (Å²) in [7, 11) is 0. The summed E-state index contributed by atoms with van der Waals surface area (Å²) in [5, 5.41) is 32.0. The first-order valence-electron chi connectivity index (χ1n) is 12.1. The molecule has 0 aliphatic heterocycles. The number of carbonyl (C=O) groups is 1. The summed E-state index contributed by atoms with van der Waals surface area (Å²) in [5.41, 5.74) is 7.02. The van der Waals surface area contributed by atoms with E-state index < -0.39 is 17.7 Å². The molecule has 2 aromatic heterocycles. The topological polar surface area (TPSA) is 214 Å². The fraction of sp³-hybridized carbons (Fsp3) is 0.231. The number of nitrogen functional groups attached to an aromatic ring is 1. The Morgan fingerprint density at radius 3 is 2.35 bits per heavy atom. The number of aromatic amines is 1. The lowest BCUT2D eigenvalue weighted by Crippen LogP contribution is -2.18. The number of amidine groups is 1. The monoisotopic (exact) mass is 550 g/mol. The Morgan fingerprint density at radius 1 is 1.15 bits per heavy atom. The number of hydrogen-bond donors (Lipinski definition) is 6. The van der Waals surface area contributed by atoms with Gasteiger partial charge in [-0.3, -0.25) is 15.2 Å². The van der Waals surface area contributed by atoms with E-state index in [4.69, 9.17) is 30.5 Å². The van der Waals surface area contributed by atoms with Crippen LogP contribution in [0.1, 0.15) is 36.8 Å². The highest BCUT2D eigenvalue weighted by Gasteiger charge is 2.23. The zero-order valence-electron chi connectivity index (χ0n) is 21.9. The lowest BCUT2D eigenvalue weighted by molar-refractivity contribution is -0.134. The van der Waals surface area contributed by atoms with E-state index in [0.717, 1.165) is 11.6 Å². The predicted molar refractivity (Wildman–Crippen MR) is 146 cm³/mol. The Labute approximate surface area is 229 Å². The summed E-state index contributed by atoms with van der Waals surface area (Å²) >= 11 is 0. The second-order valence-electron chi connectivity index (χ2n) is 8.11. The van der Waals surface area contributed by atoms with Gasteiger partial charge in [-0.25, -0.2) is 14.8 Å². The second-order valence-corrected chi connectivity index (χ2v) is 8.11. The molecule has 4 rings (SSSR count). The van der Waals surface area contributed by atoms with Crippen molar-refractivity contribution >= 4 is 17.5 Å². The number of carboxylic acid groups (broad SMARTS) is 1. The molecule has 14 heteroatoms. The quantitative estimate of drug-likeness (QED) is 0.117. The molecule has 0 amide bonds. The molecule has 40 heavy (non-hydrogen) atoms. The average Bonchev–Trinajstić information content (AvgIpc) is 3.32. The second kappa shape index (κ2) is 14.1. The largest absolute Gasteiger partial charge is 0.494 e. The molecular formula is C26H30N8O6. The van der Waals surface area contributed by atoms with Crippen molar-refractivity contribution in [3.05, 3.63) is 88.4 Å². The number of anilines is 1. The van der Waals surface area contributed by atoms with Crippen molar-refractivity contribution in [2.75, 3.05) is 25.1 Å². The van der Waals surface area contributed by atoms with Crippen LogP contribution in [-0.2, 0) is 4.79 Å². The smallest absolute Gasteiger partial charge is 0.350 e. The van der Waals surface area contributed by atoms with Gasteiger partial charge in [-0.05, 0) is 55.0 Å². The van der Waals surface area contributed by atoms with E-state index >= 15 is 0 Å². The van der Waals surface area contributed by atoms with Gasteiger partial charge in [-0.1, -0.05) is 0 Å². The number of H-pyrrole nitrogens is 1. The van der Waals surface area contributed by atoms with Gasteiger partial charge in [0.15, 0.2) is 5.82 Å². The van der Waals surface area contributed by atoms with Crippen LogP contribution in [0.25, 0.3) is 5.95 Å². The number of carboxylic acids is 1. The minimum Gasteiger partial charge on any atom is -0.494 e. The Hall–Kier alpha value is -5.24. The van der Waals surface area contributed by atoms with Crippen molar-refractivity contribution in [1.29, 1.82) is 5.41 Å². The molecule has 1 atom stereocenters. The van der Waals surface area contributed by atoms with Crippen LogP contribution in [0.2, 0.25) is 0 Å². The van der Waals surface area contributed by atoms with Gasteiger partial charge in [0, 0.05) is 36.6 Å². The Kier molecular flexibility index (Phi) is 10.3. The highest BCUT2D eigenvalue weighted by molar-refractivity contribution is 5.95. The standard InChI is InChI=1S/C24H26N8O4.C2H4O2/c1-2-35-18-12-16(13-19(14-18)36-11-10-33)20(29-17-6-4-15(5-7-17)21(25)26)22-30-24(34)32(31-22)23-27-8-3-9-28-23;1-2(3)4/h3-9,12-14,20,29,33H,2,10-11H2,1H3,(H3,25,26)(H,30,31,34);1H3,(H,3,4)/t20-;/m0./s1. The molecule has 0 saturated carbocycles. The molecule has 0 saturated heterocycles. The molecule has 14 nitrogen and oxygen atoms in total. The van der Waals surface area contributed by atoms with Crippen molar-refractivity contribution in [1.82, 2.24) is 24.7 Å². The van der Waals surface area contributed by atoms with E-state index in [0.29, 0.717) is 40.7 Å². The molecule has 2 aromatic carbocycles. The molecule has 7 N–H and O–H groups in total. The van der Waals surface area contributed by atoms with Gasteiger partial charge < -0.3 is 30.7 Å². The molecule has 2 heterocycles. The van der Waals surface area contributed by atoms with Gasteiger partial charge in [0.05, 0.1) is 13.2 Å². The summed E-state index contributed by atoms with van der Waals surface area (Å²) in [6, 6.07) is 13.3. The molecule has 0 aliphatic carbocycles. The van der Waals surface area contributed by atoms with E-state index in [1.165, 1.54) is 12.4 Å². The third-order valence-corrected chi connectivity index (χ3v) is 5.06. The van der Waals surface area contributed by atoms with Gasteiger partial charge in [0.2, 0.25) is 0 Å². The average molecular weight is 551 g/mol. The molecule has 4 aromatic rings. The molecule has 210 valence electrons. The maximum Gasteiger partial charge on any atom is 0.350 e. The van der Waals surface area contributed by atoms with Crippen LogP contribution in [0.4, 0.5) is 5.69 Å².